The fraction of sp³-hybridized carbons (Fsp3) is 0.150. The smallest absolute Gasteiger partial charge is 0.321 e. The Labute approximate surface area is 147 Å². The Kier molecular flexibility index (Phi) is 5.14. The number of fused-ring (bicyclic) bond motifs is 1. The van der Waals surface area contributed by atoms with E-state index in [1.54, 1.807) is 18.2 Å². The van der Waals surface area contributed by atoms with Crippen molar-refractivity contribution in [1.29, 1.82) is 0 Å². The van der Waals surface area contributed by atoms with Crippen molar-refractivity contribution >= 4 is 26.6 Å². The van der Waals surface area contributed by atoms with Crippen LogP contribution in [0, 0.1) is 0 Å². The summed E-state index contributed by atoms with van der Waals surface area (Å²) in [4.78, 5) is 12.0. The maximum absolute atomic E-state index is 12.1. The zero-order valence-corrected chi connectivity index (χ0v) is 14.4. The number of carbonyl (C=O) groups excluding carboxylic acids is 1. The third-order valence-electron chi connectivity index (χ3n) is 3.92. The van der Waals surface area contributed by atoms with E-state index in [9.17, 15) is 13.2 Å². The number of benzene rings is 3. The van der Waals surface area contributed by atoms with Gasteiger partial charge in [0, 0.05) is 6.42 Å². The van der Waals surface area contributed by atoms with Gasteiger partial charge >= 0.3 is 5.97 Å². The molecule has 0 N–H and O–H groups in total. The number of ether oxygens (including phenoxy) is 1. The van der Waals surface area contributed by atoms with Gasteiger partial charge in [-0.25, -0.2) is 8.42 Å². The SMILES string of the molecule is O=C(CS(=O)(=O)c1ccccc1)OCCc1cccc2ccccc12. The van der Waals surface area contributed by atoms with Crippen molar-refractivity contribution in [2.45, 2.75) is 11.3 Å². The lowest BCUT2D eigenvalue weighted by atomic mass is 10.0. The molecule has 3 aromatic rings. The van der Waals surface area contributed by atoms with Crippen LogP contribution >= 0.6 is 0 Å². The molecule has 128 valence electrons. The fourth-order valence-corrected chi connectivity index (χ4v) is 3.83. The average molecular weight is 354 g/mol. The number of rotatable bonds is 6. The molecule has 0 radical (unpaired) electrons. The predicted molar refractivity (Wildman–Crippen MR) is 97.1 cm³/mol. The minimum absolute atomic E-state index is 0.126. The van der Waals surface area contributed by atoms with Gasteiger partial charge in [-0.15, -0.1) is 0 Å². The maximum atomic E-state index is 12.1. The Balaban J connectivity index is 1.59. The Morgan fingerprint density at radius 3 is 2.32 bits per heavy atom. The van der Waals surface area contributed by atoms with Gasteiger partial charge in [0.15, 0.2) is 15.6 Å². The molecular weight excluding hydrogens is 336 g/mol. The summed E-state index contributed by atoms with van der Waals surface area (Å²) in [6.07, 6.45) is 0.540. The van der Waals surface area contributed by atoms with Gasteiger partial charge in [0.05, 0.1) is 11.5 Å². The maximum Gasteiger partial charge on any atom is 0.321 e. The number of carbonyl (C=O) groups is 1. The van der Waals surface area contributed by atoms with Crippen LogP contribution in [0.25, 0.3) is 10.8 Å². The van der Waals surface area contributed by atoms with Gasteiger partial charge in [0.25, 0.3) is 0 Å². The molecule has 25 heavy (non-hydrogen) atoms. The van der Waals surface area contributed by atoms with Gasteiger partial charge in [-0.2, -0.15) is 0 Å². The van der Waals surface area contributed by atoms with Gasteiger partial charge in [-0.1, -0.05) is 60.7 Å². The standard InChI is InChI=1S/C20H18O4S/c21-20(15-25(22,23)18-10-2-1-3-11-18)24-14-13-17-9-6-8-16-7-4-5-12-19(16)17/h1-12H,13-15H2. The van der Waals surface area contributed by atoms with E-state index in [0.717, 1.165) is 16.3 Å². The minimum Gasteiger partial charge on any atom is -0.465 e. The number of hydrogen-bond donors (Lipinski definition) is 0. The van der Waals surface area contributed by atoms with Crippen LogP contribution in [0.4, 0.5) is 0 Å². The summed E-state index contributed by atoms with van der Waals surface area (Å²) in [6.45, 7) is 0.150. The van der Waals surface area contributed by atoms with E-state index in [1.165, 1.54) is 12.1 Å². The second-order valence-corrected chi connectivity index (χ2v) is 7.67. The van der Waals surface area contributed by atoms with Crippen molar-refractivity contribution in [1.82, 2.24) is 0 Å². The summed E-state index contributed by atoms with van der Waals surface area (Å²) in [7, 11) is -3.66. The highest BCUT2D eigenvalue weighted by molar-refractivity contribution is 7.92. The predicted octanol–water partition coefficient (Wildman–Crippen LogP) is 3.40. The summed E-state index contributed by atoms with van der Waals surface area (Å²) >= 11 is 0. The molecule has 0 aliphatic heterocycles. The highest BCUT2D eigenvalue weighted by Crippen LogP contribution is 2.19. The van der Waals surface area contributed by atoms with Crippen LogP contribution in [0.1, 0.15) is 5.56 Å². The van der Waals surface area contributed by atoms with Crippen molar-refractivity contribution in [3.05, 3.63) is 78.4 Å². The summed E-state index contributed by atoms with van der Waals surface area (Å²) in [6, 6.07) is 21.9. The Bertz CT molecular complexity index is 974. The molecule has 4 nitrogen and oxygen atoms in total. The summed E-state index contributed by atoms with van der Waals surface area (Å²) in [5.41, 5.74) is 1.07. The molecule has 0 bridgehead atoms. The van der Waals surface area contributed by atoms with E-state index < -0.39 is 21.6 Å². The zero-order chi connectivity index (χ0) is 17.7. The second-order valence-electron chi connectivity index (χ2n) is 5.68. The molecule has 0 fully saturated rings. The first-order valence-electron chi connectivity index (χ1n) is 7.96. The minimum atomic E-state index is -3.66. The van der Waals surface area contributed by atoms with E-state index in [-0.39, 0.29) is 11.5 Å². The first-order valence-corrected chi connectivity index (χ1v) is 9.61. The molecule has 5 heteroatoms. The monoisotopic (exact) mass is 354 g/mol. The van der Waals surface area contributed by atoms with E-state index in [2.05, 4.69) is 0 Å². The second kappa shape index (κ2) is 7.49. The van der Waals surface area contributed by atoms with Crippen molar-refractivity contribution < 1.29 is 17.9 Å². The molecule has 0 saturated heterocycles. The summed E-state index contributed by atoms with van der Waals surface area (Å²) < 4.78 is 29.4. The van der Waals surface area contributed by atoms with Gasteiger partial charge in [-0.3, -0.25) is 4.79 Å². The first-order chi connectivity index (χ1) is 12.1. The van der Waals surface area contributed by atoms with Crippen LogP contribution < -0.4 is 0 Å². The fourth-order valence-electron chi connectivity index (χ4n) is 2.69. The Morgan fingerprint density at radius 2 is 1.52 bits per heavy atom. The largest absolute Gasteiger partial charge is 0.465 e. The van der Waals surface area contributed by atoms with Crippen molar-refractivity contribution in [3.8, 4) is 0 Å². The van der Waals surface area contributed by atoms with Crippen LogP contribution in [0.5, 0.6) is 0 Å². The Hall–Kier alpha value is -2.66. The van der Waals surface area contributed by atoms with Gasteiger partial charge in [0.1, 0.15) is 0 Å². The van der Waals surface area contributed by atoms with Crippen molar-refractivity contribution in [2.24, 2.45) is 0 Å². The molecule has 0 amide bonds. The molecular formula is C20H18O4S. The zero-order valence-electron chi connectivity index (χ0n) is 13.6. The van der Waals surface area contributed by atoms with Crippen molar-refractivity contribution in [2.75, 3.05) is 12.4 Å². The summed E-state index contributed by atoms with van der Waals surface area (Å²) in [5, 5.41) is 2.23. The molecule has 0 unspecified atom stereocenters. The van der Waals surface area contributed by atoms with Crippen LogP contribution in [-0.4, -0.2) is 26.7 Å². The van der Waals surface area contributed by atoms with Crippen LogP contribution in [0.2, 0.25) is 0 Å². The molecule has 0 aromatic heterocycles. The normalized spacial score (nSPS) is 11.4. The molecule has 0 aliphatic rings. The molecule has 0 heterocycles. The van der Waals surface area contributed by atoms with E-state index in [0.29, 0.717) is 6.42 Å². The molecule has 3 aromatic carbocycles. The van der Waals surface area contributed by atoms with Crippen LogP contribution in [0.3, 0.4) is 0 Å². The quantitative estimate of drug-likeness (QED) is 0.637. The highest BCUT2D eigenvalue weighted by Gasteiger charge is 2.20. The van der Waals surface area contributed by atoms with Crippen LogP contribution in [0.15, 0.2) is 77.7 Å². The third kappa shape index (κ3) is 4.25. The lowest BCUT2D eigenvalue weighted by molar-refractivity contribution is -0.140. The number of hydrogen-bond acceptors (Lipinski definition) is 4. The van der Waals surface area contributed by atoms with E-state index >= 15 is 0 Å². The molecule has 0 atom stereocenters. The molecule has 0 saturated carbocycles. The highest BCUT2D eigenvalue weighted by atomic mass is 32.2. The van der Waals surface area contributed by atoms with E-state index in [4.69, 9.17) is 4.74 Å². The number of sulfone groups is 1. The molecule has 0 spiro atoms. The van der Waals surface area contributed by atoms with Gasteiger partial charge in [-0.05, 0) is 28.5 Å². The van der Waals surface area contributed by atoms with E-state index in [1.807, 2.05) is 42.5 Å². The van der Waals surface area contributed by atoms with Gasteiger partial charge < -0.3 is 4.74 Å². The lowest BCUT2D eigenvalue weighted by Crippen LogP contribution is -2.19. The third-order valence-corrected chi connectivity index (χ3v) is 5.53. The Morgan fingerprint density at radius 1 is 0.840 bits per heavy atom. The average Bonchev–Trinajstić information content (AvgIpc) is 2.62. The molecule has 3 rings (SSSR count). The van der Waals surface area contributed by atoms with Crippen LogP contribution in [-0.2, 0) is 25.8 Å². The van der Waals surface area contributed by atoms with Gasteiger partial charge in [0.2, 0.25) is 0 Å². The molecule has 0 aliphatic carbocycles. The first kappa shape index (κ1) is 17.2. The number of esters is 1. The summed E-state index contributed by atoms with van der Waals surface area (Å²) in [5.74, 6) is -1.38. The lowest BCUT2D eigenvalue weighted by Gasteiger charge is -2.08. The topological polar surface area (TPSA) is 60.4 Å². The van der Waals surface area contributed by atoms with Crippen molar-refractivity contribution in [3.63, 3.8) is 0 Å².